The average Bonchev–Trinajstić information content (AvgIpc) is 3.30. The van der Waals surface area contributed by atoms with Gasteiger partial charge in [0.1, 0.15) is 5.82 Å². The first-order chi connectivity index (χ1) is 13.0. The van der Waals surface area contributed by atoms with Gasteiger partial charge in [-0.1, -0.05) is 6.07 Å². The van der Waals surface area contributed by atoms with Crippen molar-refractivity contribution in [3.05, 3.63) is 47.5 Å². The van der Waals surface area contributed by atoms with E-state index in [0.29, 0.717) is 25.2 Å². The van der Waals surface area contributed by atoms with Crippen molar-refractivity contribution in [1.29, 1.82) is 0 Å². The maximum atomic E-state index is 13.1. The highest BCUT2D eigenvalue weighted by Crippen LogP contribution is 2.28. The molecule has 1 unspecified atom stereocenters. The molecule has 2 aliphatic heterocycles. The maximum absolute atomic E-state index is 13.1. The van der Waals surface area contributed by atoms with Crippen molar-refractivity contribution in [3.63, 3.8) is 0 Å². The van der Waals surface area contributed by atoms with E-state index in [9.17, 15) is 9.59 Å². The molecule has 2 saturated heterocycles. The third-order valence-electron chi connectivity index (χ3n) is 5.54. The van der Waals surface area contributed by atoms with Crippen LogP contribution >= 0.6 is 0 Å². The van der Waals surface area contributed by atoms with Gasteiger partial charge >= 0.3 is 6.03 Å². The lowest BCUT2D eigenvalue weighted by Crippen LogP contribution is -2.39. The molecule has 0 bridgehead atoms. The molecule has 0 radical (unpaired) electrons. The molecule has 3 amide bonds. The molecule has 1 aromatic heterocycles. The summed E-state index contributed by atoms with van der Waals surface area (Å²) in [4.78, 5) is 33.3. The summed E-state index contributed by atoms with van der Waals surface area (Å²) in [6, 6.07) is 5.54. The van der Waals surface area contributed by atoms with Crippen molar-refractivity contribution >= 4 is 17.6 Å². The number of amides is 3. The van der Waals surface area contributed by atoms with E-state index < -0.39 is 0 Å². The fourth-order valence-electron chi connectivity index (χ4n) is 4.06. The number of benzene rings is 1. The van der Waals surface area contributed by atoms with Crippen LogP contribution in [0, 0.1) is 6.92 Å². The molecule has 0 saturated carbocycles. The summed E-state index contributed by atoms with van der Waals surface area (Å²) in [7, 11) is 2.00. The summed E-state index contributed by atoms with van der Waals surface area (Å²) in [5.74, 6) is 1.32. The molecule has 2 aliphatic rings. The van der Waals surface area contributed by atoms with Crippen molar-refractivity contribution in [3.8, 4) is 0 Å². The van der Waals surface area contributed by atoms with Crippen molar-refractivity contribution in [1.82, 2.24) is 19.8 Å². The molecule has 7 nitrogen and oxygen atoms in total. The van der Waals surface area contributed by atoms with E-state index in [1.165, 1.54) is 0 Å². The first kappa shape index (κ1) is 17.6. The Morgan fingerprint density at radius 2 is 2.15 bits per heavy atom. The fourth-order valence-corrected chi connectivity index (χ4v) is 4.06. The number of aryl methyl sites for hydroxylation is 2. The predicted octanol–water partition coefficient (Wildman–Crippen LogP) is 2.28. The van der Waals surface area contributed by atoms with Crippen LogP contribution < -0.4 is 10.2 Å². The lowest BCUT2D eigenvalue weighted by atomic mass is 9.96. The lowest BCUT2D eigenvalue weighted by Gasteiger charge is -2.32. The molecule has 1 aromatic carbocycles. The predicted molar refractivity (Wildman–Crippen MR) is 103 cm³/mol. The fraction of sp³-hybridized carbons (Fsp3) is 0.450. The van der Waals surface area contributed by atoms with Crippen LogP contribution in [0.15, 0.2) is 30.6 Å². The number of carbonyl (C=O) groups excluding carboxylic acids is 2. The molecule has 3 heterocycles. The Morgan fingerprint density at radius 3 is 2.85 bits per heavy atom. The zero-order chi connectivity index (χ0) is 19.0. The normalized spacial score (nSPS) is 20.1. The van der Waals surface area contributed by atoms with Gasteiger partial charge in [-0.3, -0.25) is 9.69 Å². The number of piperidine rings is 1. The number of aromatic nitrogens is 2. The highest BCUT2D eigenvalue weighted by atomic mass is 16.2. The highest BCUT2D eigenvalue weighted by molar-refractivity contribution is 5.99. The minimum atomic E-state index is -0.101. The SMILES string of the molecule is Cc1ccc(C(=O)N2CCCC(c3nccn3C)C2)cc1N1CCNC1=O. The van der Waals surface area contributed by atoms with E-state index in [4.69, 9.17) is 0 Å². The van der Waals surface area contributed by atoms with Crippen LogP contribution in [0.1, 0.15) is 40.5 Å². The van der Waals surface area contributed by atoms with Gasteiger partial charge < -0.3 is 14.8 Å². The van der Waals surface area contributed by atoms with Crippen LogP contribution in [-0.4, -0.2) is 52.6 Å². The smallest absolute Gasteiger partial charge is 0.322 e. The molecule has 4 rings (SSSR count). The van der Waals surface area contributed by atoms with Gasteiger partial charge in [-0.05, 0) is 37.5 Å². The van der Waals surface area contributed by atoms with E-state index in [1.54, 1.807) is 4.90 Å². The number of likely N-dealkylation sites (tertiary alicyclic amines) is 1. The third kappa shape index (κ3) is 3.29. The van der Waals surface area contributed by atoms with Gasteiger partial charge in [0.2, 0.25) is 0 Å². The second kappa shape index (κ2) is 7.06. The van der Waals surface area contributed by atoms with Crippen LogP contribution in [0.5, 0.6) is 0 Å². The van der Waals surface area contributed by atoms with Crippen LogP contribution in [0.2, 0.25) is 0 Å². The van der Waals surface area contributed by atoms with Crippen LogP contribution in [0.25, 0.3) is 0 Å². The Labute approximate surface area is 159 Å². The van der Waals surface area contributed by atoms with Crippen molar-refractivity contribution in [2.24, 2.45) is 7.05 Å². The van der Waals surface area contributed by atoms with E-state index >= 15 is 0 Å². The molecule has 2 aromatic rings. The van der Waals surface area contributed by atoms with Gasteiger partial charge in [0.15, 0.2) is 0 Å². The lowest BCUT2D eigenvalue weighted by molar-refractivity contribution is 0.0703. The summed E-state index contributed by atoms with van der Waals surface area (Å²) < 4.78 is 2.04. The standard InChI is InChI=1S/C20H25N5O2/c1-14-5-6-15(12-17(14)25-11-8-22-20(25)27)19(26)24-9-3-4-16(13-24)18-21-7-10-23(18)2/h5-7,10,12,16H,3-4,8-9,11,13H2,1-2H3,(H,22,27). The Balaban J connectivity index is 1.55. The van der Waals surface area contributed by atoms with Gasteiger partial charge in [0.25, 0.3) is 5.91 Å². The van der Waals surface area contributed by atoms with E-state index in [1.807, 2.05) is 54.0 Å². The van der Waals surface area contributed by atoms with Gasteiger partial charge in [-0.25, -0.2) is 9.78 Å². The minimum absolute atomic E-state index is 0.0229. The number of nitrogens with one attached hydrogen (secondary N) is 1. The Kier molecular flexibility index (Phi) is 4.59. The summed E-state index contributed by atoms with van der Waals surface area (Å²) in [5.41, 5.74) is 2.44. The number of hydrogen-bond acceptors (Lipinski definition) is 3. The largest absolute Gasteiger partial charge is 0.338 e. The first-order valence-electron chi connectivity index (χ1n) is 9.47. The van der Waals surface area contributed by atoms with Gasteiger partial charge in [0.05, 0.1) is 0 Å². The van der Waals surface area contributed by atoms with Crippen molar-refractivity contribution in [2.45, 2.75) is 25.7 Å². The molecule has 7 heteroatoms. The molecule has 27 heavy (non-hydrogen) atoms. The number of hydrogen-bond donors (Lipinski definition) is 1. The Hall–Kier alpha value is -2.83. The van der Waals surface area contributed by atoms with Gasteiger partial charge in [-0.2, -0.15) is 0 Å². The topological polar surface area (TPSA) is 70.5 Å². The monoisotopic (exact) mass is 367 g/mol. The molecule has 1 atom stereocenters. The summed E-state index contributed by atoms with van der Waals surface area (Å²) in [6.45, 7) is 4.66. The summed E-state index contributed by atoms with van der Waals surface area (Å²) in [5, 5.41) is 2.82. The van der Waals surface area contributed by atoms with Gasteiger partial charge in [-0.15, -0.1) is 0 Å². The second-order valence-corrected chi connectivity index (χ2v) is 7.37. The van der Waals surface area contributed by atoms with Crippen LogP contribution in [0.3, 0.4) is 0 Å². The van der Waals surface area contributed by atoms with E-state index in [0.717, 1.165) is 36.5 Å². The zero-order valence-electron chi connectivity index (χ0n) is 15.8. The highest BCUT2D eigenvalue weighted by Gasteiger charge is 2.29. The number of rotatable bonds is 3. The number of anilines is 1. The molecule has 2 fully saturated rings. The zero-order valence-corrected chi connectivity index (χ0v) is 15.8. The molecular weight excluding hydrogens is 342 g/mol. The van der Waals surface area contributed by atoms with Crippen molar-refractivity contribution < 1.29 is 9.59 Å². The molecule has 142 valence electrons. The summed E-state index contributed by atoms with van der Waals surface area (Å²) >= 11 is 0. The molecule has 1 N–H and O–H groups in total. The minimum Gasteiger partial charge on any atom is -0.338 e. The van der Waals surface area contributed by atoms with Crippen molar-refractivity contribution in [2.75, 3.05) is 31.1 Å². The third-order valence-corrected chi connectivity index (χ3v) is 5.54. The number of carbonyl (C=O) groups is 2. The number of imidazole rings is 1. The van der Waals surface area contributed by atoms with E-state index in [-0.39, 0.29) is 17.9 Å². The summed E-state index contributed by atoms with van der Waals surface area (Å²) in [6.07, 6.45) is 5.77. The number of nitrogens with zero attached hydrogens (tertiary/aromatic N) is 4. The second-order valence-electron chi connectivity index (χ2n) is 7.37. The first-order valence-corrected chi connectivity index (χ1v) is 9.47. The molecule has 0 spiro atoms. The Morgan fingerprint density at radius 1 is 1.30 bits per heavy atom. The molecular formula is C20H25N5O2. The Bertz CT molecular complexity index is 875. The van der Waals surface area contributed by atoms with Gasteiger partial charge in [0, 0.05) is 62.8 Å². The van der Waals surface area contributed by atoms with Crippen LogP contribution in [-0.2, 0) is 7.05 Å². The van der Waals surface area contributed by atoms with E-state index in [2.05, 4.69) is 10.3 Å². The number of urea groups is 1. The van der Waals surface area contributed by atoms with Crippen LogP contribution in [0.4, 0.5) is 10.5 Å². The average molecular weight is 367 g/mol. The molecule has 0 aliphatic carbocycles. The maximum Gasteiger partial charge on any atom is 0.322 e. The quantitative estimate of drug-likeness (QED) is 0.905.